The Morgan fingerprint density at radius 3 is 2.44 bits per heavy atom. The zero-order valence-corrected chi connectivity index (χ0v) is 11.0. The molecular weight excluding hydrogens is 284 g/mol. The zero-order valence-electron chi connectivity index (χ0n) is 9.43. The number of esters is 1. The summed E-state index contributed by atoms with van der Waals surface area (Å²) in [6.45, 7) is 1.23. The smallest absolute Gasteiger partial charge is 0.356 e. The number of amides is 1. The molecular formula is C9H9ClN2O5S. The first kappa shape index (κ1) is 14.4. The van der Waals surface area contributed by atoms with Crippen LogP contribution in [-0.2, 0) is 18.6 Å². The standard InChI is InChI=1S/C9H9ClN2O5S/c1-5(13)11-6-3-7(9(14)17-2)12-8(4-6)18(10,15)16/h3-4H,1-2H3,(H,11,12,13). The van der Waals surface area contributed by atoms with Gasteiger partial charge in [0.15, 0.2) is 10.7 Å². The molecule has 1 aromatic rings. The highest BCUT2D eigenvalue weighted by Gasteiger charge is 2.18. The highest BCUT2D eigenvalue weighted by atomic mass is 35.7. The number of halogens is 1. The van der Waals surface area contributed by atoms with Crippen LogP contribution in [-0.4, -0.2) is 32.4 Å². The lowest BCUT2D eigenvalue weighted by atomic mass is 10.3. The first-order valence-corrected chi connectivity index (χ1v) is 6.87. The Morgan fingerprint density at radius 2 is 2.00 bits per heavy atom. The number of ether oxygens (including phenoxy) is 1. The van der Waals surface area contributed by atoms with Gasteiger partial charge in [0.1, 0.15) is 0 Å². The van der Waals surface area contributed by atoms with Crippen molar-refractivity contribution >= 4 is 37.3 Å². The lowest BCUT2D eigenvalue weighted by molar-refractivity contribution is -0.114. The predicted molar refractivity (Wildman–Crippen MR) is 62.9 cm³/mol. The molecule has 7 nitrogen and oxygen atoms in total. The van der Waals surface area contributed by atoms with E-state index in [1.807, 2.05) is 0 Å². The fourth-order valence-electron chi connectivity index (χ4n) is 1.11. The number of anilines is 1. The van der Waals surface area contributed by atoms with Gasteiger partial charge in [0, 0.05) is 29.4 Å². The molecule has 0 atom stereocenters. The summed E-state index contributed by atoms with van der Waals surface area (Å²) >= 11 is 0. The van der Waals surface area contributed by atoms with Gasteiger partial charge in [-0.15, -0.1) is 0 Å². The van der Waals surface area contributed by atoms with Gasteiger partial charge in [0.2, 0.25) is 5.91 Å². The average Bonchev–Trinajstić information content (AvgIpc) is 2.25. The number of methoxy groups -OCH3 is 1. The monoisotopic (exact) mass is 292 g/mol. The van der Waals surface area contributed by atoms with Gasteiger partial charge >= 0.3 is 5.97 Å². The van der Waals surface area contributed by atoms with Crippen LogP contribution in [0.1, 0.15) is 17.4 Å². The van der Waals surface area contributed by atoms with Crippen molar-refractivity contribution in [3.8, 4) is 0 Å². The van der Waals surface area contributed by atoms with Gasteiger partial charge in [0.25, 0.3) is 9.05 Å². The molecule has 0 aliphatic rings. The molecule has 0 spiro atoms. The Hall–Kier alpha value is -1.67. The van der Waals surface area contributed by atoms with Gasteiger partial charge in [-0.25, -0.2) is 18.2 Å². The van der Waals surface area contributed by atoms with Crippen LogP contribution in [0, 0.1) is 0 Å². The SMILES string of the molecule is COC(=O)c1cc(NC(C)=O)cc(S(=O)(=O)Cl)n1. The first-order chi connectivity index (χ1) is 8.24. The highest BCUT2D eigenvalue weighted by molar-refractivity contribution is 8.13. The Morgan fingerprint density at radius 1 is 1.39 bits per heavy atom. The largest absolute Gasteiger partial charge is 0.464 e. The highest BCUT2D eigenvalue weighted by Crippen LogP contribution is 2.19. The molecule has 0 fully saturated rings. The molecule has 0 radical (unpaired) electrons. The number of carbonyl (C=O) groups excluding carboxylic acids is 2. The van der Waals surface area contributed by atoms with Gasteiger partial charge in [0.05, 0.1) is 7.11 Å². The molecule has 98 valence electrons. The fourth-order valence-corrected chi connectivity index (χ4v) is 1.83. The van der Waals surface area contributed by atoms with E-state index < -0.39 is 26.0 Å². The minimum absolute atomic E-state index is 0.0807. The third-order valence-electron chi connectivity index (χ3n) is 1.77. The van der Waals surface area contributed by atoms with E-state index in [4.69, 9.17) is 10.7 Å². The molecule has 1 amide bonds. The molecule has 0 aliphatic carbocycles. The van der Waals surface area contributed by atoms with E-state index in [0.29, 0.717) is 0 Å². The summed E-state index contributed by atoms with van der Waals surface area (Å²) in [5.74, 6) is -1.28. The molecule has 1 aromatic heterocycles. The summed E-state index contributed by atoms with van der Waals surface area (Å²) in [6, 6.07) is 2.22. The summed E-state index contributed by atoms with van der Waals surface area (Å²) in [7, 11) is 2.12. The van der Waals surface area contributed by atoms with Crippen molar-refractivity contribution in [3.05, 3.63) is 17.8 Å². The van der Waals surface area contributed by atoms with Crippen molar-refractivity contribution < 1.29 is 22.7 Å². The zero-order chi connectivity index (χ0) is 13.9. The second kappa shape index (κ2) is 5.32. The van der Waals surface area contributed by atoms with Crippen LogP contribution in [0.4, 0.5) is 5.69 Å². The van der Waals surface area contributed by atoms with Crippen molar-refractivity contribution in [1.82, 2.24) is 4.98 Å². The number of pyridine rings is 1. The summed E-state index contributed by atoms with van der Waals surface area (Å²) in [4.78, 5) is 25.7. The predicted octanol–water partition coefficient (Wildman–Crippen LogP) is 0.754. The van der Waals surface area contributed by atoms with E-state index in [9.17, 15) is 18.0 Å². The van der Waals surface area contributed by atoms with Crippen molar-refractivity contribution in [2.75, 3.05) is 12.4 Å². The minimum Gasteiger partial charge on any atom is -0.464 e. The van der Waals surface area contributed by atoms with Crippen LogP contribution in [0.2, 0.25) is 0 Å². The number of nitrogens with zero attached hydrogens (tertiary/aromatic N) is 1. The quantitative estimate of drug-likeness (QED) is 0.651. The molecule has 1 rings (SSSR count). The molecule has 1 heterocycles. The van der Waals surface area contributed by atoms with Crippen LogP contribution < -0.4 is 5.32 Å². The normalized spacial score (nSPS) is 10.8. The van der Waals surface area contributed by atoms with Crippen molar-refractivity contribution in [3.63, 3.8) is 0 Å². The second-order valence-corrected chi connectivity index (χ2v) is 5.70. The van der Waals surface area contributed by atoms with Gasteiger partial charge in [-0.05, 0) is 6.07 Å². The Kier molecular flexibility index (Phi) is 4.25. The molecule has 0 saturated heterocycles. The maximum absolute atomic E-state index is 11.3. The number of carbonyl (C=O) groups is 2. The fraction of sp³-hybridized carbons (Fsp3) is 0.222. The maximum atomic E-state index is 11.3. The number of aromatic nitrogens is 1. The van der Waals surface area contributed by atoms with Crippen LogP contribution in [0.5, 0.6) is 0 Å². The lowest BCUT2D eigenvalue weighted by Gasteiger charge is -2.06. The van der Waals surface area contributed by atoms with E-state index in [-0.39, 0.29) is 11.4 Å². The van der Waals surface area contributed by atoms with Crippen molar-refractivity contribution in [1.29, 1.82) is 0 Å². The van der Waals surface area contributed by atoms with E-state index in [1.54, 1.807) is 0 Å². The van der Waals surface area contributed by atoms with Crippen LogP contribution in [0.25, 0.3) is 0 Å². The lowest BCUT2D eigenvalue weighted by Crippen LogP contribution is -2.11. The minimum atomic E-state index is -4.12. The Balaban J connectivity index is 3.38. The number of rotatable bonds is 3. The van der Waals surface area contributed by atoms with Crippen LogP contribution >= 0.6 is 10.7 Å². The van der Waals surface area contributed by atoms with Gasteiger partial charge in [-0.3, -0.25) is 4.79 Å². The summed E-state index contributed by atoms with van der Waals surface area (Å²) in [5, 5.41) is 1.78. The molecule has 1 N–H and O–H groups in total. The average molecular weight is 293 g/mol. The summed E-state index contributed by atoms with van der Waals surface area (Å²) < 4.78 is 26.8. The molecule has 0 saturated carbocycles. The molecule has 18 heavy (non-hydrogen) atoms. The van der Waals surface area contributed by atoms with E-state index in [0.717, 1.165) is 13.2 Å². The Bertz CT molecular complexity index is 599. The maximum Gasteiger partial charge on any atom is 0.356 e. The Labute approximate surface area is 108 Å². The van der Waals surface area contributed by atoms with Crippen LogP contribution in [0.3, 0.4) is 0 Å². The van der Waals surface area contributed by atoms with Crippen molar-refractivity contribution in [2.45, 2.75) is 11.9 Å². The summed E-state index contributed by atoms with van der Waals surface area (Å²) in [6.07, 6.45) is 0. The van der Waals surface area contributed by atoms with E-state index >= 15 is 0 Å². The van der Waals surface area contributed by atoms with Gasteiger partial charge in [-0.2, -0.15) is 0 Å². The topological polar surface area (TPSA) is 102 Å². The van der Waals surface area contributed by atoms with Crippen LogP contribution in [0.15, 0.2) is 17.2 Å². The molecule has 0 aliphatic heterocycles. The third-order valence-corrected chi connectivity index (χ3v) is 2.95. The van der Waals surface area contributed by atoms with Gasteiger partial charge in [-0.1, -0.05) is 0 Å². The van der Waals surface area contributed by atoms with E-state index in [2.05, 4.69) is 15.0 Å². The molecule has 0 bridgehead atoms. The second-order valence-electron chi connectivity index (χ2n) is 3.19. The number of nitrogens with one attached hydrogen (secondary N) is 1. The van der Waals surface area contributed by atoms with Crippen molar-refractivity contribution in [2.24, 2.45) is 0 Å². The number of hydrogen-bond acceptors (Lipinski definition) is 6. The molecule has 9 heteroatoms. The first-order valence-electron chi connectivity index (χ1n) is 4.56. The molecule has 0 unspecified atom stereocenters. The molecule has 0 aromatic carbocycles. The van der Waals surface area contributed by atoms with E-state index in [1.165, 1.54) is 13.0 Å². The number of hydrogen-bond donors (Lipinski definition) is 1. The third kappa shape index (κ3) is 3.67. The summed E-state index contributed by atoms with van der Waals surface area (Å²) in [5.41, 5.74) is -0.194. The van der Waals surface area contributed by atoms with Gasteiger partial charge < -0.3 is 10.1 Å².